The van der Waals surface area contributed by atoms with E-state index in [0.29, 0.717) is 43.8 Å². The Kier molecular flexibility index (Phi) is 8.44. The summed E-state index contributed by atoms with van der Waals surface area (Å²) in [4.78, 5) is 29.7. The fourth-order valence-electron chi connectivity index (χ4n) is 4.16. The SMILES string of the molecule is CN(c1ccc(S(F)(F)(F)(F)F)cc1)C(C(=O)N1CCOC1)c1cccnc1.COC1CC(C=O)N(C#N)C1. The Balaban J connectivity index is 0.000000320. The molecule has 0 spiro atoms. The number of pyridine rings is 1. The van der Waals surface area contributed by atoms with Crippen molar-refractivity contribution in [3.8, 4) is 6.19 Å². The van der Waals surface area contributed by atoms with E-state index in [-0.39, 0.29) is 30.5 Å². The standard InChI is InChI=1S/C17H18F5N3O2S.C7H10N2O2/c1-24(14-4-6-15(7-5-14)28(18,19,20,21)22)16(13-3-2-8-23-11-13)17(26)25-9-10-27-12-25;1-11-7-2-6(4-10)9(3-7)5-8/h2-8,11,16H,9-10,12H2,1H3;4,6-7H,2-3H2,1H3. The molecule has 2 aromatic rings. The monoisotopic (exact) mass is 577 g/mol. The summed E-state index contributed by atoms with van der Waals surface area (Å²) in [5, 5.41) is 8.54. The van der Waals surface area contributed by atoms with Gasteiger partial charge < -0.3 is 24.1 Å². The van der Waals surface area contributed by atoms with Crippen molar-refractivity contribution in [1.82, 2.24) is 14.8 Å². The number of anilines is 1. The van der Waals surface area contributed by atoms with Crippen molar-refractivity contribution in [2.24, 2.45) is 0 Å². The number of hydrogen-bond donors (Lipinski definition) is 0. The van der Waals surface area contributed by atoms with Gasteiger partial charge in [-0.25, -0.2) is 0 Å². The lowest BCUT2D eigenvalue weighted by molar-refractivity contribution is -0.133. The van der Waals surface area contributed by atoms with Crippen molar-refractivity contribution in [3.05, 3.63) is 54.4 Å². The zero-order chi connectivity index (χ0) is 28.9. The lowest BCUT2D eigenvalue weighted by Crippen LogP contribution is -2.40. The first-order valence-electron chi connectivity index (χ1n) is 11.7. The number of nitriles is 1. The summed E-state index contributed by atoms with van der Waals surface area (Å²) >= 11 is 0. The highest BCUT2D eigenvalue weighted by Gasteiger charge is 2.65. The average molecular weight is 578 g/mol. The summed E-state index contributed by atoms with van der Waals surface area (Å²) in [6, 6.07) is 4.61. The Morgan fingerprint density at radius 3 is 2.41 bits per heavy atom. The van der Waals surface area contributed by atoms with E-state index < -0.39 is 21.2 Å². The molecule has 39 heavy (non-hydrogen) atoms. The molecule has 0 N–H and O–H groups in total. The van der Waals surface area contributed by atoms with Crippen LogP contribution in [0.4, 0.5) is 25.1 Å². The van der Waals surface area contributed by atoms with E-state index in [2.05, 4.69) is 4.98 Å². The van der Waals surface area contributed by atoms with E-state index in [1.54, 1.807) is 19.2 Å². The number of amides is 1. The number of hydrogen-bond acceptors (Lipinski definition) is 8. The molecule has 0 bridgehead atoms. The molecule has 0 aliphatic carbocycles. The van der Waals surface area contributed by atoms with Gasteiger partial charge in [0, 0.05) is 50.8 Å². The quantitative estimate of drug-likeness (QED) is 0.270. The smallest absolute Gasteiger partial charge is 0.310 e. The van der Waals surface area contributed by atoms with Crippen LogP contribution in [-0.2, 0) is 19.1 Å². The lowest BCUT2D eigenvalue weighted by atomic mass is 10.1. The topological polar surface area (TPSA) is 99.0 Å². The minimum Gasteiger partial charge on any atom is -0.379 e. The number of aldehydes is 1. The van der Waals surface area contributed by atoms with E-state index in [4.69, 9.17) is 14.7 Å². The summed E-state index contributed by atoms with van der Waals surface area (Å²) in [5.41, 5.74) is 0.687. The van der Waals surface area contributed by atoms with Crippen LogP contribution in [0.1, 0.15) is 18.0 Å². The number of halogens is 5. The molecule has 4 rings (SSSR count). The molecule has 15 heteroatoms. The van der Waals surface area contributed by atoms with Crippen LogP contribution in [0, 0.1) is 11.5 Å². The van der Waals surface area contributed by atoms with Crippen molar-refractivity contribution in [2.45, 2.75) is 29.5 Å². The Hall–Kier alpha value is -3.48. The molecule has 3 atom stereocenters. The van der Waals surface area contributed by atoms with E-state index in [1.165, 1.54) is 34.1 Å². The summed E-state index contributed by atoms with van der Waals surface area (Å²) in [6.45, 7) is 1.41. The van der Waals surface area contributed by atoms with Gasteiger partial charge in [0.15, 0.2) is 6.19 Å². The number of rotatable bonds is 7. The van der Waals surface area contributed by atoms with Gasteiger partial charge in [-0.15, -0.1) is 0 Å². The number of carbonyl (C=O) groups excluding carboxylic acids is 2. The second kappa shape index (κ2) is 10.9. The summed E-state index contributed by atoms with van der Waals surface area (Å²) < 4.78 is 74.9. The fourth-order valence-corrected chi connectivity index (χ4v) is 4.81. The molecule has 1 aromatic heterocycles. The average Bonchev–Trinajstić information content (AvgIpc) is 3.58. The van der Waals surface area contributed by atoms with E-state index in [9.17, 15) is 29.0 Å². The second-order valence-corrected chi connectivity index (χ2v) is 11.4. The zero-order valence-corrected chi connectivity index (χ0v) is 21.9. The Bertz CT molecular complexity index is 1190. The first-order valence-corrected chi connectivity index (χ1v) is 13.6. The molecule has 3 heterocycles. The van der Waals surface area contributed by atoms with Gasteiger partial charge in [0.1, 0.15) is 24.0 Å². The van der Waals surface area contributed by atoms with Crippen molar-refractivity contribution >= 4 is 28.1 Å². The first-order chi connectivity index (χ1) is 18.2. The van der Waals surface area contributed by atoms with Crippen LogP contribution in [0.25, 0.3) is 0 Å². The molecule has 0 radical (unpaired) electrons. The van der Waals surface area contributed by atoms with Crippen LogP contribution >= 0.6 is 10.2 Å². The third-order valence-corrected chi connectivity index (χ3v) is 7.46. The maximum Gasteiger partial charge on any atom is 0.310 e. The van der Waals surface area contributed by atoms with Crippen LogP contribution in [0.15, 0.2) is 53.7 Å². The van der Waals surface area contributed by atoms with Gasteiger partial charge in [-0.05, 0) is 30.3 Å². The van der Waals surface area contributed by atoms with E-state index >= 15 is 0 Å². The minimum atomic E-state index is -9.76. The lowest BCUT2D eigenvalue weighted by Gasteiger charge is -2.40. The number of likely N-dealkylation sites (N-methyl/N-ethyl adjacent to an activating group) is 1. The van der Waals surface area contributed by atoms with Crippen molar-refractivity contribution in [2.75, 3.05) is 45.5 Å². The molecule has 9 nitrogen and oxygen atoms in total. The largest absolute Gasteiger partial charge is 0.379 e. The number of methoxy groups -OCH3 is 1. The van der Waals surface area contributed by atoms with Crippen LogP contribution in [-0.4, -0.2) is 79.7 Å². The van der Waals surface area contributed by atoms with Gasteiger partial charge in [0.2, 0.25) is 0 Å². The van der Waals surface area contributed by atoms with Crippen molar-refractivity contribution < 1.29 is 38.5 Å². The van der Waals surface area contributed by atoms with Crippen LogP contribution in [0.5, 0.6) is 0 Å². The van der Waals surface area contributed by atoms with E-state index in [1.807, 2.05) is 6.19 Å². The van der Waals surface area contributed by atoms with E-state index in [0.717, 1.165) is 18.4 Å². The van der Waals surface area contributed by atoms with Gasteiger partial charge in [-0.1, -0.05) is 25.5 Å². The summed E-state index contributed by atoms with van der Waals surface area (Å²) in [5.74, 6) is -0.329. The summed E-state index contributed by atoms with van der Waals surface area (Å²) in [7, 11) is -6.66. The Labute approximate surface area is 222 Å². The molecule has 2 fully saturated rings. The minimum absolute atomic E-state index is 0.0323. The molecule has 2 aliphatic heterocycles. The second-order valence-electron chi connectivity index (χ2n) is 8.95. The fraction of sp³-hybridized carbons (Fsp3) is 0.417. The normalized spacial score (nSPS) is 21.6. The summed E-state index contributed by atoms with van der Waals surface area (Å²) in [6.07, 6.45) is 6.40. The van der Waals surface area contributed by atoms with Crippen molar-refractivity contribution in [1.29, 1.82) is 5.26 Å². The molecule has 214 valence electrons. The Morgan fingerprint density at radius 2 is 1.95 bits per heavy atom. The number of likely N-dealkylation sites (tertiary alicyclic amines) is 1. The van der Waals surface area contributed by atoms with Crippen LogP contribution in [0.3, 0.4) is 0 Å². The highest BCUT2D eigenvalue weighted by Crippen LogP contribution is 3.02. The molecule has 1 amide bonds. The first kappa shape index (κ1) is 30.1. The van der Waals surface area contributed by atoms with Crippen molar-refractivity contribution in [3.63, 3.8) is 0 Å². The third kappa shape index (κ3) is 7.55. The Morgan fingerprint density at radius 1 is 1.26 bits per heavy atom. The molecular weight excluding hydrogens is 549 g/mol. The van der Waals surface area contributed by atoms with Gasteiger partial charge >= 0.3 is 10.2 Å². The predicted molar refractivity (Wildman–Crippen MR) is 133 cm³/mol. The maximum absolute atomic E-state index is 13.0. The zero-order valence-electron chi connectivity index (χ0n) is 21.1. The molecule has 2 saturated heterocycles. The third-order valence-electron chi connectivity index (χ3n) is 6.30. The molecular formula is C24H28F5N5O4S. The van der Waals surface area contributed by atoms with Gasteiger partial charge in [0.25, 0.3) is 5.91 Å². The number of nitrogens with zero attached hydrogens (tertiary/aromatic N) is 5. The highest BCUT2D eigenvalue weighted by molar-refractivity contribution is 8.45. The van der Waals surface area contributed by atoms with Crippen LogP contribution < -0.4 is 4.90 Å². The molecule has 2 aliphatic rings. The predicted octanol–water partition coefficient (Wildman–Crippen LogP) is 4.49. The van der Waals surface area contributed by atoms with Crippen LogP contribution in [0.2, 0.25) is 0 Å². The molecule has 3 unspecified atom stereocenters. The van der Waals surface area contributed by atoms with Gasteiger partial charge in [0.05, 0.1) is 25.3 Å². The maximum atomic E-state index is 13.0. The molecule has 0 saturated carbocycles. The number of ether oxygens (including phenoxy) is 2. The number of carbonyl (C=O) groups is 2. The number of aromatic nitrogens is 1. The van der Waals surface area contributed by atoms with Gasteiger partial charge in [-0.2, -0.15) is 5.26 Å². The molecule has 1 aromatic carbocycles. The highest BCUT2D eigenvalue weighted by atomic mass is 32.5. The van der Waals surface area contributed by atoms with Gasteiger partial charge in [-0.3, -0.25) is 14.7 Å². The number of benzene rings is 1.